The number of halogens is 1. The van der Waals surface area contributed by atoms with Gasteiger partial charge in [0.25, 0.3) is 0 Å². The average Bonchev–Trinajstić information content (AvgIpc) is 2.67. The van der Waals surface area contributed by atoms with Crippen molar-refractivity contribution in [3.05, 3.63) is 47.5 Å². The molecule has 1 N–H and O–H groups in total. The van der Waals surface area contributed by atoms with Gasteiger partial charge in [-0.1, -0.05) is 29.8 Å². The van der Waals surface area contributed by atoms with E-state index < -0.39 is 0 Å². The van der Waals surface area contributed by atoms with Gasteiger partial charge in [-0.25, -0.2) is 0 Å². The van der Waals surface area contributed by atoms with Gasteiger partial charge in [0.2, 0.25) is 0 Å². The Labute approximate surface area is 162 Å². The lowest BCUT2D eigenvalue weighted by atomic mass is 10.0. The molecule has 1 saturated heterocycles. The molecule has 1 aromatic rings. The number of allylic oxidation sites excluding steroid dienone is 1. The number of aliphatic imine (C=N–C) groups is 1. The van der Waals surface area contributed by atoms with Crippen LogP contribution in [-0.2, 0) is 4.74 Å². The van der Waals surface area contributed by atoms with Gasteiger partial charge in [-0.05, 0) is 30.5 Å². The van der Waals surface area contributed by atoms with E-state index in [1.165, 1.54) is 5.56 Å². The van der Waals surface area contributed by atoms with E-state index in [9.17, 15) is 0 Å². The Morgan fingerprint density at radius 2 is 2.08 bits per heavy atom. The van der Waals surface area contributed by atoms with Crippen LogP contribution in [0.3, 0.4) is 0 Å². The minimum atomic E-state index is 0.259. The number of hydrogen-bond acceptors (Lipinski definition) is 3. The lowest BCUT2D eigenvalue weighted by molar-refractivity contribution is 0.0169. The summed E-state index contributed by atoms with van der Waals surface area (Å²) in [5.41, 5.74) is 1.26. The van der Waals surface area contributed by atoms with Gasteiger partial charge in [0.1, 0.15) is 0 Å². The van der Waals surface area contributed by atoms with Gasteiger partial charge >= 0.3 is 0 Å². The Kier molecular flexibility index (Phi) is 8.95. The van der Waals surface area contributed by atoms with Crippen molar-refractivity contribution in [3.8, 4) is 0 Å². The van der Waals surface area contributed by atoms with Crippen LogP contribution in [-0.4, -0.2) is 69.2 Å². The van der Waals surface area contributed by atoms with E-state index >= 15 is 0 Å². The highest BCUT2D eigenvalue weighted by molar-refractivity contribution is 6.30. The lowest BCUT2D eigenvalue weighted by Crippen LogP contribution is -2.46. The van der Waals surface area contributed by atoms with Gasteiger partial charge in [0.05, 0.1) is 19.3 Å². The van der Waals surface area contributed by atoms with Gasteiger partial charge in [0.15, 0.2) is 5.96 Å². The minimum absolute atomic E-state index is 0.259. The van der Waals surface area contributed by atoms with Crippen LogP contribution in [0.1, 0.15) is 24.4 Å². The number of benzene rings is 1. The molecule has 1 aromatic carbocycles. The van der Waals surface area contributed by atoms with Crippen LogP contribution < -0.4 is 5.32 Å². The van der Waals surface area contributed by atoms with Gasteiger partial charge in [-0.15, -0.1) is 6.58 Å². The summed E-state index contributed by atoms with van der Waals surface area (Å²) < 4.78 is 5.52. The molecule has 0 spiro atoms. The second-order valence-corrected chi connectivity index (χ2v) is 6.93. The van der Waals surface area contributed by atoms with Crippen molar-refractivity contribution >= 4 is 17.6 Å². The number of nitrogens with zero attached hydrogens (tertiary/aromatic N) is 3. The lowest BCUT2D eigenvalue weighted by Gasteiger charge is -2.35. The molecular weight excluding hydrogens is 348 g/mol. The van der Waals surface area contributed by atoms with Crippen molar-refractivity contribution in [3.63, 3.8) is 0 Å². The highest BCUT2D eigenvalue weighted by Crippen LogP contribution is 2.23. The fourth-order valence-corrected chi connectivity index (χ4v) is 3.31. The zero-order chi connectivity index (χ0) is 18.8. The predicted octanol–water partition coefficient (Wildman–Crippen LogP) is 3.19. The molecule has 2 rings (SSSR count). The van der Waals surface area contributed by atoms with E-state index in [4.69, 9.17) is 16.3 Å². The molecule has 1 fully saturated rings. The number of rotatable bonds is 8. The van der Waals surface area contributed by atoms with Crippen molar-refractivity contribution in [2.75, 3.05) is 53.5 Å². The third-order valence-corrected chi connectivity index (χ3v) is 4.92. The number of guanidine groups is 1. The molecule has 144 valence electrons. The Morgan fingerprint density at radius 3 is 2.69 bits per heavy atom. The van der Waals surface area contributed by atoms with Crippen LogP contribution in [0.2, 0.25) is 5.02 Å². The second kappa shape index (κ2) is 11.2. The Balaban J connectivity index is 2.03. The van der Waals surface area contributed by atoms with Crippen LogP contribution in [0.5, 0.6) is 0 Å². The van der Waals surface area contributed by atoms with E-state index in [0.717, 1.165) is 63.2 Å². The van der Waals surface area contributed by atoms with E-state index in [2.05, 4.69) is 45.9 Å². The third kappa shape index (κ3) is 6.31. The van der Waals surface area contributed by atoms with Gasteiger partial charge < -0.3 is 15.0 Å². The highest BCUT2D eigenvalue weighted by Gasteiger charge is 2.23. The summed E-state index contributed by atoms with van der Waals surface area (Å²) >= 11 is 6.07. The van der Waals surface area contributed by atoms with Crippen LogP contribution in [0.4, 0.5) is 0 Å². The maximum atomic E-state index is 6.07. The number of morpholine rings is 1. The molecule has 0 amide bonds. The summed E-state index contributed by atoms with van der Waals surface area (Å²) in [6, 6.07) is 8.40. The first-order chi connectivity index (χ1) is 12.7. The molecule has 5 nitrogen and oxygen atoms in total. The second-order valence-electron chi connectivity index (χ2n) is 6.50. The molecular formula is C20H31ClN4O. The Morgan fingerprint density at radius 1 is 1.38 bits per heavy atom. The van der Waals surface area contributed by atoms with Gasteiger partial charge in [0, 0.05) is 45.3 Å². The molecule has 0 aromatic heterocycles. The smallest absolute Gasteiger partial charge is 0.193 e. The number of hydrogen-bond donors (Lipinski definition) is 1. The SMILES string of the molecule is C=CCCCN(C)C(=NC)NCC(c1ccc(Cl)cc1)N1CCOCC1. The monoisotopic (exact) mass is 378 g/mol. The van der Waals surface area contributed by atoms with Gasteiger partial charge in [-0.2, -0.15) is 0 Å². The predicted molar refractivity (Wildman–Crippen MR) is 110 cm³/mol. The fraction of sp³-hybridized carbons (Fsp3) is 0.550. The van der Waals surface area contributed by atoms with Gasteiger partial charge in [-0.3, -0.25) is 9.89 Å². The first-order valence-electron chi connectivity index (χ1n) is 9.25. The van der Waals surface area contributed by atoms with E-state index in [1.54, 1.807) is 0 Å². The zero-order valence-corrected chi connectivity index (χ0v) is 16.7. The topological polar surface area (TPSA) is 40.1 Å². The highest BCUT2D eigenvalue weighted by atomic mass is 35.5. The summed E-state index contributed by atoms with van der Waals surface area (Å²) in [5.74, 6) is 0.918. The fourth-order valence-electron chi connectivity index (χ4n) is 3.18. The molecule has 1 unspecified atom stereocenters. The molecule has 0 saturated carbocycles. The quantitative estimate of drug-likeness (QED) is 0.326. The van der Waals surface area contributed by atoms with Crippen molar-refractivity contribution in [1.29, 1.82) is 0 Å². The van der Waals surface area contributed by atoms with Crippen LogP contribution >= 0.6 is 11.6 Å². The molecule has 0 aliphatic carbocycles. The van der Waals surface area contributed by atoms with Crippen LogP contribution in [0.15, 0.2) is 41.9 Å². The van der Waals surface area contributed by atoms with E-state index in [-0.39, 0.29) is 6.04 Å². The molecule has 1 heterocycles. The standard InChI is InChI=1S/C20H31ClN4O/c1-4-5-6-11-24(3)20(22-2)23-16-19(25-12-14-26-15-13-25)17-7-9-18(21)10-8-17/h4,7-10,19H,1,5-6,11-16H2,2-3H3,(H,22,23). The third-order valence-electron chi connectivity index (χ3n) is 4.67. The minimum Gasteiger partial charge on any atom is -0.379 e. The summed E-state index contributed by atoms with van der Waals surface area (Å²) in [6.07, 6.45) is 4.05. The number of unbranched alkanes of at least 4 members (excludes halogenated alkanes) is 1. The number of nitrogens with one attached hydrogen (secondary N) is 1. The van der Waals surface area contributed by atoms with Crippen LogP contribution in [0.25, 0.3) is 0 Å². The summed E-state index contributed by atoms with van der Waals surface area (Å²) in [5, 5.41) is 4.31. The van der Waals surface area contributed by atoms with E-state index in [1.807, 2.05) is 25.3 Å². The van der Waals surface area contributed by atoms with Crippen LogP contribution in [0, 0.1) is 0 Å². The first kappa shape index (κ1) is 20.7. The molecule has 26 heavy (non-hydrogen) atoms. The first-order valence-corrected chi connectivity index (χ1v) is 9.63. The molecule has 0 radical (unpaired) electrons. The molecule has 1 aliphatic heterocycles. The largest absolute Gasteiger partial charge is 0.379 e. The summed E-state index contributed by atoms with van der Waals surface area (Å²) in [4.78, 5) is 9.06. The van der Waals surface area contributed by atoms with Crippen molar-refractivity contribution < 1.29 is 4.74 Å². The maximum absolute atomic E-state index is 6.07. The van der Waals surface area contributed by atoms with Crippen molar-refractivity contribution in [2.45, 2.75) is 18.9 Å². The average molecular weight is 379 g/mol. The van der Waals surface area contributed by atoms with Crippen molar-refractivity contribution in [1.82, 2.24) is 15.1 Å². The normalized spacial score (nSPS) is 17.0. The molecule has 1 atom stereocenters. The van der Waals surface area contributed by atoms with Crippen molar-refractivity contribution in [2.24, 2.45) is 4.99 Å². The molecule has 1 aliphatic rings. The number of ether oxygens (including phenoxy) is 1. The molecule has 6 heteroatoms. The summed E-state index contributed by atoms with van der Waals surface area (Å²) in [7, 11) is 3.91. The zero-order valence-electron chi connectivity index (χ0n) is 16.0. The van der Waals surface area contributed by atoms with E-state index in [0.29, 0.717) is 0 Å². The summed E-state index contributed by atoms with van der Waals surface area (Å²) in [6.45, 7) is 8.95. The Bertz CT molecular complexity index is 570. The maximum Gasteiger partial charge on any atom is 0.193 e. The molecule has 0 bridgehead atoms. The Hall–Kier alpha value is -1.56.